The van der Waals surface area contributed by atoms with Crippen molar-refractivity contribution in [1.29, 1.82) is 0 Å². The number of thiophene rings is 1. The third kappa shape index (κ3) is 2.45. The summed E-state index contributed by atoms with van der Waals surface area (Å²) in [4.78, 5) is 16.5. The molecule has 2 N–H and O–H groups in total. The van der Waals surface area contributed by atoms with Crippen LogP contribution in [0.3, 0.4) is 0 Å². The minimum atomic E-state index is -3.78. The lowest BCUT2D eigenvalue weighted by Gasteiger charge is -2.11. The lowest BCUT2D eigenvalue weighted by Crippen LogP contribution is -2.14. The number of rotatable bonds is 3. The Balaban J connectivity index is 1.73. The molecular weight excluding hydrogens is 334 g/mol. The van der Waals surface area contributed by atoms with Crippen LogP contribution in [0.2, 0.25) is 0 Å². The molecule has 0 saturated heterocycles. The van der Waals surface area contributed by atoms with Crippen LogP contribution in [0.1, 0.15) is 5.56 Å². The molecule has 23 heavy (non-hydrogen) atoms. The van der Waals surface area contributed by atoms with E-state index in [1.165, 1.54) is 17.5 Å². The number of benzene rings is 1. The monoisotopic (exact) mass is 345 g/mol. The van der Waals surface area contributed by atoms with E-state index in [4.69, 9.17) is 0 Å². The Bertz CT molecular complexity index is 1040. The molecule has 0 spiro atoms. The van der Waals surface area contributed by atoms with Crippen LogP contribution in [0.4, 0.5) is 11.4 Å². The topological polar surface area (TPSA) is 88.2 Å². The van der Waals surface area contributed by atoms with Gasteiger partial charge in [-0.2, -0.15) is 0 Å². The van der Waals surface area contributed by atoms with Gasteiger partial charge >= 0.3 is 0 Å². The SMILES string of the molecule is O=C1Cc2cccc(NS(=O)(=O)c3cnc4sccc4c3)c2N1. The second-order valence-electron chi connectivity index (χ2n) is 5.16. The molecule has 1 aliphatic rings. The highest BCUT2D eigenvalue weighted by Crippen LogP contribution is 2.33. The molecule has 0 unspecified atom stereocenters. The molecule has 0 saturated carbocycles. The van der Waals surface area contributed by atoms with Gasteiger partial charge in [0.15, 0.2) is 0 Å². The normalized spacial score (nSPS) is 13.8. The molecule has 116 valence electrons. The third-order valence-corrected chi connectivity index (χ3v) is 5.77. The minimum absolute atomic E-state index is 0.0883. The van der Waals surface area contributed by atoms with Crippen LogP contribution in [-0.4, -0.2) is 19.3 Å². The predicted molar refractivity (Wildman–Crippen MR) is 89.2 cm³/mol. The summed E-state index contributed by atoms with van der Waals surface area (Å²) in [6.07, 6.45) is 1.59. The summed E-state index contributed by atoms with van der Waals surface area (Å²) >= 11 is 1.45. The van der Waals surface area contributed by atoms with E-state index in [0.29, 0.717) is 11.4 Å². The van der Waals surface area contributed by atoms with Crippen molar-refractivity contribution in [3.05, 3.63) is 47.5 Å². The van der Waals surface area contributed by atoms with Crippen LogP contribution in [0, 0.1) is 0 Å². The average Bonchev–Trinajstić information content (AvgIpc) is 3.11. The number of hydrogen-bond donors (Lipinski definition) is 2. The number of pyridine rings is 1. The van der Waals surface area contributed by atoms with Gasteiger partial charge in [-0.1, -0.05) is 12.1 Å². The Hall–Kier alpha value is -2.45. The number of nitrogens with zero attached hydrogens (tertiary/aromatic N) is 1. The van der Waals surface area contributed by atoms with Gasteiger partial charge < -0.3 is 5.32 Å². The number of nitrogens with one attached hydrogen (secondary N) is 2. The highest BCUT2D eigenvalue weighted by molar-refractivity contribution is 7.92. The second kappa shape index (κ2) is 5.04. The van der Waals surface area contributed by atoms with Crippen molar-refractivity contribution in [2.75, 3.05) is 10.0 Å². The van der Waals surface area contributed by atoms with Crippen LogP contribution in [0.5, 0.6) is 0 Å². The molecule has 0 fully saturated rings. The number of para-hydroxylation sites is 1. The minimum Gasteiger partial charge on any atom is -0.324 e. The lowest BCUT2D eigenvalue weighted by molar-refractivity contribution is -0.115. The molecule has 3 aromatic rings. The van der Waals surface area contributed by atoms with Crippen molar-refractivity contribution < 1.29 is 13.2 Å². The van der Waals surface area contributed by atoms with Crippen LogP contribution in [-0.2, 0) is 21.2 Å². The zero-order valence-corrected chi connectivity index (χ0v) is 13.4. The van der Waals surface area contributed by atoms with Gasteiger partial charge in [0.1, 0.15) is 9.73 Å². The maximum Gasteiger partial charge on any atom is 0.263 e. The first-order valence-corrected chi connectivity index (χ1v) is 9.17. The van der Waals surface area contributed by atoms with E-state index in [1.807, 2.05) is 11.4 Å². The summed E-state index contributed by atoms with van der Waals surface area (Å²) in [5.74, 6) is -0.145. The van der Waals surface area contributed by atoms with Gasteiger partial charge in [0.05, 0.1) is 17.8 Å². The van der Waals surface area contributed by atoms with Crippen molar-refractivity contribution >= 4 is 48.9 Å². The largest absolute Gasteiger partial charge is 0.324 e. The fourth-order valence-electron chi connectivity index (χ4n) is 2.53. The van der Waals surface area contributed by atoms with Crippen LogP contribution in [0.15, 0.2) is 46.8 Å². The number of fused-ring (bicyclic) bond motifs is 2. The van der Waals surface area contributed by atoms with Gasteiger partial charge in [-0.25, -0.2) is 13.4 Å². The Kier molecular flexibility index (Phi) is 3.10. The van der Waals surface area contributed by atoms with Gasteiger partial charge in [-0.05, 0) is 29.1 Å². The number of hydrogen-bond acceptors (Lipinski definition) is 5. The van der Waals surface area contributed by atoms with Gasteiger partial charge in [0.25, 0.3) is 10.0 Å². The van der Waals surface area contributed by atoms with E-state index < -0.39 is 10.0 Å². The molecule has 1 amide bonds. The van der Waals surface area contributed by atoms with Crippen molar-refractivity contribution in [3.63, 3.8) is 0 Å². The van der Waals surface area contributed by atoms with E-state index in [2.05, 4.69) is 15.0 Å². The van der Waals surface area contributed by atoms with Gasteiger partial charge in [0, 0.05) is 11.6 Å². The van der Waals surface area contributed by atoms with Gasteiger partial charge in [-0.15, -0.1) is 11.3 Å². The van der Waals surface area contributed by atoms with Crippen molar-refractivity contribution in [1.82, 2.24) is 4.98 Å². The second-order valence-corrected chi connectivity index (χ2v) is 7.73. The van der Waals surface area contributed by atoms with Gasteiger partial charge in [0.2, 0.25) is 5.91 Å². The first kappa shape index (κ1) is 14.2. The molecule has 3 heterocycles. The van der Waals surface area contributed by atoms with Crippen LogP contribution in [0.25, 0.3) is 10.2 Å². The number of sulfonamides is 1. The van der Waals surface area contributed by atoms with E-state index >= 15 is 0 Å². The number of aromatic nitrogens is 1. The maximum absolute atomic E-state index is 12.6. The van der Waals surface area contributed by atoms with Crippen molar-refractivity contribution in [3.8, 4) is 0 Å². The van der Waals surface area contributed by atoms with E-state index in [9.17, 15) is 13.2 Å². The molecule has 1 aromatic carbocycles. The Morgan fingerprint density at radius 3 is 3.00 bits per heavy atom. The van der Waals surface area contributed by atoms with Crippen molar-refractivity contribution in [2.45, 2.75) is 11.3 Å². The zero-order valence-electron chi connectivity index (χ0n) is 11.7. The highest BCUT2D eigenvalue weighted by Gasteiger charge is 2.23. The summed E-state index contributed by atoms with van der Waals surface area (Å²) in [6, 6.07) is 8.55. The maximum atomic E-state index is 12.6. The zero-order chi connectivity index (χ0) is 16.0. The summed E-state index contributed by atoms with van der Waals surface area (Å²) in [6.45, 7) is 0. The van der Waals surface area contributed by atoms with Crippen LogP contribution >= 0.6 is 11.3 Å². The third-order valence-electron chi connectivity index (χ3n) is 3.60. The Labute approximate surface area is 136 Å². The quantitative estimate of drug-likeness (QED) is 0.764. The first-order valence-electron chi connectivity index (χ1n) is 6.81. The molecule has 0 aliphatic carbocycles. The molecular formula is C15H11N3O3S2. The lowest BCUT2D eigenvalue weighted by atomic mass is 10.1. The standard InChI is InChI=1S/C15H11N3O3S2/c19-13-7-9-2-1-3-12(14(9)17-13)18-23(20,21)11-6-10-4-5-22-15(10)16-8-11/h1-6,8,18H,7H2,(H,17,19). The molecule has 6 nitrogen and oxygen atoms in total. The number of carbonyl (C=O) groups excluding carboxylic acids is 1. The fraction of sp³-hybridized carbons (Fsp3) is 0.0667. The average molecular weight is 345 g/mol. The fourth-order valence-corrected chi connectivity index (χ4v) is 4.30. The molecule has 0 bridgehead atoms. The Morgan fingerprint density at radius 1 is 1.26 bits per heavy atom. The smallest absolute Gasteiger partial charge is 0.263 e. The highest BCUT2D eigenvalue weighted by atomic mass is 32.2. The summed E-state index contributed by atoms with van der Waals surface area (Å²) in [5, 5.41) is 5.33. The number of anilines is 2. The summed E-state index contributed by atoms with van der Waals surface area (Å²) in [7, 11) is -3.78. The van der Waals surface area contributed by atoms with E-state index in [0.717, 1.165) is 15.8 Å². The number of carbonyl (C=O) groups is 1. The van der Waals surface area contributed by atoms with Crippen LogP contribution < -0.4 is 10.0 Å². The predicted octanol–water partition coefficient (Wildman–Crippen LogP) is 2.59. The molecule has 2 aromatic heterocycles. The summed E-state index contributed by atoms with van der Waals surface area (Å²) in [5.41, 5.74) is 1.66. The Morgan fingerprint density at radius 2 is 2.13 bits per heavy atom. The summed E-state index contributed by atoms with van der Waals surface area (Å²) < 4.78 is 27.7. The van der Waals surface area contributed by atoms with Gasteiger partial charge in [-0.3, -0.25) is 9.52 Å². The first-order chi connectivity index (χ1) is 11.0. The molecule has 4 rings (SSSR count). The molecule has 0 radical (unpaired) electrons. The molecule has 8 heteroatoms. The van der Waals surface area contributed by atoms with E-state index in [1.54, 1.807) is 24.3 Å². The number of amides is 1. The molecule has 0 atom stereocenters. The van der Waals surface area contributed by atoms with Crippen molar-refractivity contribution in [2.24, 2.45) is 0 Å². The molecule has 1 aliphatic heterocycles. The van der Waals surface area contributed by atoms with E-state index in [-0.39, 0.29) is 17.2 Å².